The van der Waals surface area contributed by atoms with E-state index in [1.54, 1.807) is 12.1 Å². The molecule has 11 heteroatoms. The van der Waals surface area contributed by atoms with Crippen LogP contribution in [0, 0.1) is 0 Å². The molecule has 0 fully saturated rings. The number of hydrogen-bond donors (Lipinski definition) is 3. The molecule has 9 nitrogen and oxygen atoms in total. The molecule has 2 aromatic rings. The van der Waals surface area contributed by atoms with E-state index < -0.39 is 16.1 Å². The second-order valence-corrected chi connectivity index (χ2v) is 7.73. The lowest BCUT2D eigenvalue weighted by Gasteiger charge is -2.20. The van der Waals surface area contributed by atoms with Gasteiger partial charge < -0.3 is 15.8 Å². The van der Waals surface area contributed by atoms with Crippen LogP contribution < -0.4 is 25.4 Å². The molecule has 3 rings (SSSR count). The van der Waals surface area contributed by atoms with Gasteiger partial charge in [0.2, 0.25) is 0 Å². The third-order valence-electron chi connectivity index (χ3n) is 3.77. The third kappa shape index (κ3) is 3.91. The zero-order valence-electron chi connectivity index (χ0n) is 14.0. The lowest BCUT2D eigenvalue weighted by atomic mass is 10.2. The van der Waals surface area contributed by atoms with Crippen LogP contribution in [0.4, 0.5) is 21.9 Å². The Morgan fingerprint density at radius 2 is 2.07 bits per heavy atom. The second-order valence-electron chi connectivity index (χ2n) is 5.67. The van der Waals surface area contributed by atoms with Gasteiger partial charge in [-0.1, -0.05) is 17.7 Å². The van der Waals surface area contributed by atoms with Crippen LogP contribution in [-0.4, -0.2) is 34.0 Å². The Labute approximate surface area is 160 Å². The normalized spacial score (nSPS) is 13.2. The summed E-state index contributed by atoms with van der Waals surface area (Å²) in [4.78, 5) is 23.6. The van der Waals surface area contributed by atoms with Gasteiger partial charge >= 0.3 is 6.03 Å². The zero-order chi connectivity index (χ0) is 19.8. The number of nitrogens with one attached hydrogen (secondary N) is 2. The Bertz CT molecular complexity index is 1040. The predicted octanol–water partition coefficient (Wildman–Crippen LogP) is 1.99. The molecule has 4 N–H and O–H groups in total. The number of halogens is 1. The Morgan fingerprint density at radius 3 is 2.78 bits per heavy atom. The number of nitrogens with zero attached hydrogens (tertiary/aromatic N) is 1. The van der Waals surface area contributed by atoms with Gasteiger partial charge in [-0.25, -0.2) is 13.2 Å². The number of sulfonamides is 1. The Kier molecular flexibility index (Phi) is 4.85. The van der Waals surface area contributed by atoms with Crippen LogP contribution in [0.1, 0.15) is 0 Å². The molecular weight excluding hydrogens is 396 g/mol. The largest absolute Gasteiger partial charge is 0.482 e. The number of carbonyl (C=O) groups excluding carboxylic acids is 2. The fraction of sp³-hybridized carbons (Fsp3) is 0.125. The van der Waals surface area contributed by atoms with Crippen molar-refractivity contribution in [3.05, 3.63) is 41.4 Å². The molecule has 1 aliphatic heterocycles. The molecule has 0 bridgehead atoms. The van der Waals surface area contributed by atoms with Gasteiger partial charge in [-0.15, -0.1) is 0 Å². The number of nitrogens with two attached hydrogens (primary N) is 1. The molecular formula is C16H15ClN4O5S. The van der Waals surface area contributed by atoms with Gasteiger partial charge in [0.1, 0.15) is 10.6 Å². The van der Waals surface area contributed by atoms with Gasteiger partial charge in [-0.05, 0) is 24.3 Å². The van der Waals surface area contributed by atoms with Crippen LogP contribution in [0.15, 0.2) is 41.3 Å². The van der Waals surface area contributed by atoms with Crippen molar-refractivity contribution in [2.45, 2.75) is 4.90 Å². The standard InChI is InChI=1S/C16H15ClN4O5S/c1-21(16(18)23)10-4-2-3-9(5-10)20-27(24,25)14-7-13-12(6-11(14)17)19-15(22)8-26-13/h2-7,20H,8H2,1H3,(H2,18,23)(H,19,22). The second kappa shape index (κ2) is 6.97. The van der Waals surface area contributed by atoms with E-state index in [0.29, 0.717) is 11.4 Å². The number of ether oxygens (including phenoxy) is 1. The van der Waals surface area contributed by atoms with E-state index in [9.17, 15) is 18.0 Å². The first-order chi connectivity index (χ1) is 12.7. The third-order valence-corrected chi connectivity index (χ3v) is 5.62. The first-order valence-electron chi connectivity index (χ1n) is 7.59. The quantitative estimate of drug-likeness (QED) is 0.709. The van der Waals surface area contributed by atoms with Crippen molar-refractivity contribution in [1.82, 2.24) is 0 Å². The number of hydrogen-bond acceptors (Lipinski definition) is 5. The topological polar surface area (TPSA) is 131 Å². The minimum Gasteiger partial charge on any atom is -0.482 e. The van der Waals surface area contributed by atoms with Gasteiger partial charge in [0, 0.05) is 18.8 Å². The first-order valence-corrected chi connectivity index (χ1v) is 9.46. The fourth-order valence-corrected chi connectivity index (χ4v) is 4.00. The van der Waals surface area contributed by atoms with Crippen molar-refractivity contribution in [3.63, 3.8) is 0 Å². The highest BCUT2D eigenvalue weighted by Crippen LogP contribution is 2.36. The average molecular weight is 411 g/mol. The molecule has 3 amide bonds. The zero-order valence-corrected chi connectivity index (χ0v) is 15.6. The number of amides is 3. The van der Waals surface area contributed by atoms with Crippen molar-refractivity contribution < 1.29 is 22.7 Å². The lowest BCUT2D eigenvalue weighted by molar-refractivity contribution is -0.118. The highest BCUT2D eigenvalue weighted by Gasteiger charge is 2.24. The number of benzene rings is 2. The number of primary amides is 1. The molecule has 0 radical (unpaired) electrons. The summed E-state index contributed by atoms with van der Waals surface area (Å²) < 4.78 is 33.1. The molecule has 0 aliphatic carbocycles. The van der Waals surface area contributed by atoms with Crippen LogP contribution in [0.25, 0.3) is 0 Å². The van der Waals surface area contributed by atoms with E-state index in [4.69, 9.17) is 22.1 Å². The Balaban J connectivity index is 1.93. The molecule has 0 saturated carbocycles. The van der Waals surface area contributed by atoms with Crippen LogP contribution in [0.3, 0.4) is 0 Å². The highest BCUT2D eigenvalue weighted by atomic mass is 35.5. The van der Waals surface area contributed by atoms with Crippen molar-refractivity contribution in [2.75, 3.05) is 28.6 Å². The predicted molar refractivity (Wildman–Crippen MR) is 101 cm³/mol. The van der Waals surface area contributed by atoms with Gasteiger partial charge in [0.15, 0.2) is 6.61 Å². The van der Waals surface area contributed by atoms with Crippen LogP contribution in [-0.2, 0) is 14.8 Å². The number of anilines is 3. The molecule has 0 spiro atoms. The summed E-state index contributed by atoms with van der Waals surface area (Å²) in [6, 6.07) is 7.99. The minimum atomic E-state index is -4.06. The summed E-state index contributed by atoms with van der Waals surface area (Å²) in [5.41, 5.74) is 6.13. The van der Waals surface area contributed by atoms with Gasteiger partial charge in [0.05, 0.1) is 16.4 Å². The van der Waals surface area contributed by atoms with Crippen LogP contribution >= 0.6 is 11.6 Å². The molecule has 142 valence electrons. The van der Waals surface area contributed by atoms with E-state index in [1.807, 2.05) is 0 Å². The maximum absolute atomic E-state index is 12.7. The SMILES string of the molecule is CN(C(N)=O)c1cccc(NS(=O)(=O)c2cc3c(cc2Cl)NC(=O)CO3)c1. The molecule has 2 aromatic carbocycles. The van der Waals surface area contributed by atoms with E-state index >= 15 is 0 Å². The fourth-order valence-electron chi connectivity index (χ4n) is 2.40. The van der Waals surface area contributed by atoms with Crippen molar-refractivity contribution in [2.24, 2.45) is 5.73 Å². The van der Waals surface area contributed by atoms with E-state index in [-0.39, 0.29) is 33.9 Å². The molecule has 0 aromatic heterocycles. The number of carbonyl (C=O) groups is 2. The van der Waals surface area contributed by atoms with E-state index in [0.717, 1.165) is 0 Å². The average Bonchev–Trinajstić information content (AvgIpc) is 2.59. The van der Waals surface area contributed by atoms with Crippen molar-refractivity contribution in [3.8, 4) is 5.75 Å². The summed E-state index contributed by atoms with van der Waals surface area (Å²) in [6.07, 6.45) is 0. The minimum absolute atomic E-state index is 0.0857. The lowest BCUT2D eigenvalue weighted by Crippen LogP contribution is -2.31. The van der Waals surface area contributed by atoms with E-state index in [2.05, 4.69) is 10.0 Å². The summed E-state index contributed by atoms with van der Waals surface area (Å²) in [5.74, 6) is -0.163. The highest BCUT2D eigenvalue weighted by molar-refractivity contribution is 7.92. The maximum Gasteiger partial charge on any atom is 0.318 e. The summed E-state index contributed by atoms with van der Waals surface area (Å²) >= 11 is 6.09. The van der Waals surface area contributed by atoms with Crippen LogP contribution in [0.5, 0.6) is 5.75 Å². The first kappa shape index (κ1) is 18.8. The Morgan fingerprint density at radius 1 is 1.33 bits per heavy atom. The molecule has 0 saturated heterocycles. The van der Waals surface area contributed by atoms with E-state index in [1.165, 1.54) is 36.2 Å². The maximum atomic E-state index is 12.7. The molecule has 0 atom stereocenters. The van der Waals surface area contributed by atoms with Gasteiger partial charge in [-0.3, -0.25) is 14.4 Å². The number of urea groups is 1. The van der Waals surface area contributed by atoms with Crippen molar-refractivity contribution >= 4 is 50.6 Å². The Hall–Kier alpha value is -2.98. The van der Waals surface area contributed by atoms with Crippen LogP contribution in [0.2, 0.25) is 5.02 Å². The van der Waals surface area contributed by atoms with Crippen molar-refractivity contribution in [1.29, 1.82) is 0 Å². The number of fused-ring (bicyclic) bond motifs is 1. The summed E-state index contributed by atoms with van der Waals surface area (Å²) in [5, 5.41) is 2.46. The molecule has 1 aliphatic rings. The smallest absolute Gasteiger partial charge is 0.318 e. The van der Waals surface area contributed by atoms with Gasteiger partial charge in [0.25, 0.3) is 15.9 Å². The van der Waals surface area contributed by atoms with Gasteiger partial charge in [-0.2, -0.15) is 0 Å². The molecule has 27 heavy (non-hydrogen) atoms. The molecule has 1 heterocycles. The summed E-state index contributed by atoms with van der Waals surface area (Å²) in [7, 11) is -2.60. The monoisotopic (exact) mass is 410 g/mol. The number of rotatable bonds is 4. The molecule has 0 unspecified atom stereocenters. The summed E-state index contributed by atoms with van der Waals surface area (Å²) in [6.45, 7) is -0.219.